The minimum Gasteiger partial charge on any atom is -0.103 e. The van der Waals surface area contributed by atoms with Crippen molar-refractivity contribution in [2.24, 2.45) is 0 Å². The second-order valence-corrected chi connectivity index (χ2v) is 2.87. The second-order valence-electron chi connectivity index (χ2n) is 2.87. The molecule has 72 valence electrons. The van der Waals surface area contributed by atoms with E-state index in [4.69, 9.17) is 0 Å². The first-order chi connectivity index (χ1) is 6.41. The molecule has 0 aliphatic rings. The molecule has 0 heterocycles. The molecule has 0 aliphatic carbocycles. The number of hydrogen-bond donors (Lipinski definition) is 0. The lowest BCUT2D eigenvalue weighted by molar-refractivity contribution is 0.870. The third-order valence-electron chi connectivity index (χ3n) is 1.62. The molecule has 0 aliphatic heterocycles. The Balaban J connectivity index is 3.34. The lowest BCUT2D eigenvalue weighted by atomic mass is 10.2. The van der Waals surface area contributed by atoms with Gasteiger partial charge in [-0.05, 0) is 25.7 Å². The highest BCUT2D eigenvalue weighted by Crippen LogP contribution is 1.96. The van der Waals surface area contributed by atoms with Gasteiger partial charge in [-0.25, -0.2) is 0 Å². The minimum absolute atomic E-state index is 1.10. The molecule has 0 aromatic rings. The van der Waals surface area contributed by atoms with Crippen molar-refractivity contribution in [3.05, 3.63) is 49.1 Å². The van der Waals surface area contributed by atoms with Crippen molar-refractivity contribution >= 4 is 0 Å². The molecule has 0 unspecified atom stereocenters. The average molecular weight is 176 g/mol. The topological polar surface area (TPSA) is 0 Å². The van der Waals surface area contributed by atoms with Crippen molar-refractivity contribution in [3.8, 4) is 0 Å². The highest BCUT2D eigenvalue weighted by Gasteiger charge is 1.76. The second kappa shape index (κ2) is 11.0. The maximum atomic E-state index is 3.68. The average Bonchev–Trinajstić information content (AvgIpc) is 2.16. The van der Waals surface area contributed by atoms with Gasteiger partial charge in [0.15, 0.2) is 0 Å². The zero-order valence-corrected chi connectivity index (χ0v) is 8.58. The van der Waals surface area contributed by atoms with Crippen molar-refractivity contribution in [2.45, 2.75) is 32.6 Å². The van der Waals surface area contributed by atoms with Crippen LogP contribution in [0.3, 0.4) is 0 Å². The molecule has 0 aromatic carbocycles. The van der Waals surface area contributed by atoms with E-state index in [0.717, 1.165) is 19.3 Å². The Bertz CT molecular complexity index is 182. The number of unbranched alkanes of at least 4 members (excludes halogenated alkanes) is 2. The van der Waals surface area contributed by atoms with Gasteiger partial charge in [-0.1, -0.05) is 49.5 Å². The Labute approximate surface area is 82.4 Å². The fourth-order valence-electron chi connectivity index (χ4n) is 0.898. The van der Waals surface area contributed by atoms with Gasteiger partial charge in [-0.3, -0.25) is 0 Å². The Hall–Kier alpha value is -1.04. The molecule has 0 saturated heterocycles. The van der Waals surface area contributed by atoms with Crippen LogP contribution in [-0.2, 0) is 0 Å². The normalized spacial score (nSPS) is 12.1. The highest BCUT2D eigenvalue weighted by atomic mass is 13.8. The van der Waals surface area contributed by atoms with Crippen LogP contribution >= 0.6 is 0 Å². The minimum atomic E-state index is 1.10. The van der Waals surface area contributed by atoms with E-state index in [1.54, 1.807) is 0 Å². The largest absolute Gasteiger partial charge is 0.103 e. The van der Waals surface area contributed by atoms with Crippen LogP contribution in [0.25, 0.3) is 0 Å². The molecule has 0 radical (unpaired) electrons. The standard InChI is InChI=1S/C13H20/c1-3-5-7-9-11-13-12-10-8-6-4-2/h3,6,8,10-13H,1,4-5,7,9H2,2H3. The van der Waals surface area contributed by atoms with E-state index >= 15 is 0 Å². The first-order valence-corrected chi connectivity index (χ1v) is 5.01. The van der Waals surface area contributed by atoms with E-state index in [1.807, 2.05) is 6.08 Å². The van der Waals surface area contributed by atoms with Gasteiger partial charge in [0, 0.05) is 0 Å². The van der Waals surface area contributed by atoms with Crippen molar-refractivity contribution in [2.75, 3.05) is 0 Å². The van der Waals surface area contributed by atoms with Crippen molar-refractivity contribution in [1.82, 2.24) is 0 Å². The molecule has 0 aromatic heterocycles. The molecule has 0 bridgehead atoms. The van der Waals surface area contributed by atoms with E-state index in [-0.39, 0.29) is 0 Å². The van der Waals surface area contributed by atoms with Gasteiger partial charge in [0.2, 0.25) is 0 Å². The van der Waals surface area contributed by atoms with Crippen LogP contribution in [0.1, 0.15) is 32.6 Å². The summed E-state index contributed by atoms with van der Waals surface area (Å²) in [6.45, 7) is 5.82. The van der Waals surface area contributed by atoms with Crippen LogP contribution < -0.4 is 0 Å². The van der Waals surface area contributed by atoms with E-state index < -0.39 is 0 Å². The van der Waals surface area contributed by atoms with E-state index in [1.165, 1.54) is 6.42 Å². The van der Waals surface area contributed by atoms with Crippen LogP contribution in [0.2, 0.25) is 0 Å². The molecule has 0 fully saturated rings. The summed E-state index contributed by atoms with van der Waals surface area (Å²) in [4.78, 5) is 0. The molecular weight excluding hydrogens is 156 g/mol. The highest BCUT2D eigenvalue weighted by molar-refractivity contribution is 5.10. The lowest BCUT2D eigenvalue weighted by Crippen LogP contribution is -1.66. The molecule has 0 saturated carbocycles. The van der Waals surface area contributed by atoms with Crippen LogP contribution in [0.15, 0.2) is 49.1 Å². The van der Waals surface area contributed by atoms with E-state index in [9.17, 15) is 0 Å². The molecule has 13 heavy (non-hydrogen) atoms. The van der Waals surface area contributed by atoms with Crippen LogP contribution in [0.5, 0.6) is 0 Å². The number of allylic oxidation sites excluding steroid dienone is 7. The molecule has 0 heteroatoms. The molecular formula is C13H20. The SMILES string of the molecule is C=CCCCC=CC=CC=CCC. The fourth-order valence-corrected chi connectivity index (χ4v) is 0.898. The maximum Gasteiger partial charge on any atom is -0.0345 e. The fraction of sp³-hybridized carbons (Fsp3) is 0.385. The summed E-state index contributed by atoms with van der Waals surface area (Å²) < 4.78 is 0. The van der Waals surface area contributed by atoms with Crippen molar-refractivity contribution < 1.29 is 0 Å². The monoisotopic (exact) mass is 176 g/mol. The summed E-state index contributed by atoms with van der Waals surface area (Å²) in [5.41, 5.74) is 0. The summed E-state index contributed by atoms with van der Waals surface area (Å²) in [5, 5.41) is 0. The molecule has 0 rings (SSSR count). The molecule has 0 nitrogen and oxygen atoms in total. The molecule has 0 spiro atoms. The van der Waals surface area contributed by atoms with Crippen LogP contribution in [0.4, 0.5) is 0 Å². The van der Waals surface area contributed by atoms with Gasteiger partial charge >= 0.3 is 0 Å². The van der Waals surface area contributed by atoms with Crippen molar-refractivity contribution in [1.29, 1.82) is 0 Å². The summed E-state index contributed by atoms with van der Waals surface area (Å²) in [7, 11) is 0. The number of rotatable bonds is 7. The zero-order valence-electron chi connectivity index (χ0n) is 8.58. The summed E-state index contributed by atoms with van der Waals surface area (Å²) >= 11 is 0. The Morgan fingerprint density at radius 1 is 0.923 bits per heavy atom. The van der Waals surface area contributed by atoms with Gasteiger partial charge in [-0.2, -0.15) is 0 Å². The zero-order chi connectivity index (χ0) is 9.78. The molecule has 0 atom stereocenters. The molecule has 0 amide bonds. The number of hydrogen-bond acceptors (Lipinski definition) is 0. The van der Waals surface area contributed by atoms with E-state index in [2.05, 4.69) is 50.0 Å². The van der Waals surface area contributed by atoms with Gasteiger partial charge in [0.25, 0.3) is 0 Å². The Kier molecular flexibility index (Phi) is 10.1. The maximum absolute atomic E-state index is 3.68. The lowest BCUT2D eigenvalue weighted by Gasteiger charge is -1.86. The molecule has 0 N–H and O–H groups in total. The first-order valence-electron chi connectivity index (χ1n) is 5.01. The third kappa shape index (κ3) is 11.0. The summed E-state index contributed by atoms with van der Waals surface area (Å²) in [6.07, 6.45) is 19.2. The summed E-state index contributed by atoms with van der Waals surface area (Å²) in [6, 6.07) is 0. The Morgan fingerprint density at radius 3 is 2.23 bits per heavy atom. The van der Waals surface area contributed by atoms with Gasteiger partial charge in [0.1, 0.15) is 0 Å². The summed E-state index contributed by atoms with van der Waals surface area (Å²) in [5.74, 6) is 0. The van der Waals surface area contributed by atoms with Gasteiger partial charge in [0.05, 0.1) is 0 Å². The van der Waals surface area contributed by atoms with Crippen molar-refractivity contribution in [3.63, 3.8) is 0 Å². The Morgan fingerprint density at radius 2 is 1.62 bits per heavy atom. The smallest absolute Gasteiger partial charge is 0.0345 e. The quantitative estimate of drug-likeness (QED) is 0.306. The predicted octanol–water partition coefficient (Wildman–Crippen LogP) is 4.42. The van der Waals surface area contributed by atoms with Gasteiger partial charge < -0.3 is 0 Å². The first kappa shape index (κ1) is 12.0. The van der Waals surface area contributed by atoms with E-state index in [0.29, 0.717) is 0 Å². The predicted molar refractivity (Wildman–Crippen MR) is 61.8 cm³/mol. The van der Waals surface area contributed by atoms with Gasteiger partial charge in [-0.15, -0.1) is 6.58 Å². The third-order valence-corrected chi connectivity index (χ3v) is 1.62. The van der Waals surface area contributed by atoms with Crippen LogP contribution in [-0.4, -0.2) is 0 Å². The van der Waals surface area contributed by atoms with Crippen LogP contribution in [0, 0.1) is 0 Å².